The Bertz CT molecular complexity index is 487. The van der Waals surface area contributed by atoms with Crippen LogP contribution in [0.3, 0.4) is 0 Å². The molecule has 0 amide bonds. The Labute approximate surface area is 144 Å². The van der Waals surface area contributed by atoms with E-state index >= 15 is 0 Å². The Kier molecular flexibility index (Phi) is 9.04. The van der Waals surface area contributed by atoms with Gasteiger partial charge in [-0.05, 0) is 39.3 Å². The van der Waals surface area contributed by atoms with Gasteiger partial charge >= 0.3 is 11.9 Å². The van der Waals surface area contributed by atoms with Gasteiger partial charge in [0.05, 0.1) is 11.1 Å². The summed E-state index contributed by atoms with van der Waals surface area (Å²) in [5, 5.41) is 0. The second-order valence-electron chi connectivity index (χ2n) is 5.61. The summed E-state index contributed by atoms with van der Waals surface area (Å²) in [5.41, 5.74) is 0.482. The van der Waals surface area contributed by atoms with Crippen molar-refractivity contribution in [2.75, 3.05) is 53.5 Å². The molecule has 1 aromatic rings. The largest absolute Gasteiger partial charge is 0.461 e. The zero-order valence-electron chi connectivity index (χ0n) is 15.1. The first-order chi connectivity index (χ1) is 11.5. The Morgan fingerprint density at radius 3 is 1.54 bits per heavy atom. The Balaban J connectivity index is 2.63. The summed E-state index contributed by atoms with van der Waals surface area (Å²) in [6.45, 7) is 7.70. The molecule has 0 aliphatic heterocycles. The van der Waals surface area contributed by atoms with Crippen LogP contribution in [0.2, 0.25) is 0 Å². The molecule has 0 spiro atoms. The fraction of sp³-hybridized carbons (Fsp3) is 0.556. The maximum absolute atomic E-state index is 12.2. The van der Waals surface area contributed by atoms with Crippen LogP contribution in [0.25, 0.3) is 0 Å². The van der Waals surface area contributed by atoms with Gasteiger partial charge in [0, 0.05) is 13.1 Å². The second kappa shape index (κ2) is 10.8. The van der Waals surface area contributed by atoms with E-state index in [1.54, 1.807) is 24.3 Å². The van der Waals surface area contributed by atoms with E-state index in [4.69, 9.17) is 9.47 Å². The van der Waals surface area contributed by atoms with Crippen LogP contribution in [-0.2, 0) is 9.47 Å². The Morgan fingerprint density at radius 2 is 1.21 bits per heavy atom. The molecular weight excluding hydrogens is 308 g/mol. The van der Waals surface area contributed by atoms with E-state index < -0.39 is 11.9 Å². The van der Waals surface area contributed by atoms with E-state index in [-0.39, 0.29) is 24.3 Å². The molecule has 0 saturated carbocycles. The molecule has 24 heavy (non-hydrogen) atoms. The lowest BCUT2D eigenvalue weighted by Gasteiger charge is -2.15. The lowest BCUT2D eigenvalue weighted by atomic mass is 10.1. The summed E-state index contributed by atoms with van der Waals surface area (Å²) in [4.78, 5) is 28.5. The predicted octanol–water partition coefficient (Wildman–Crippen LogP) is 1.90. The number of hydrogen-bond donors (Lipinski definition) is 0. The standard InChI is InChI=1S/C18H28N2O4/c1-5-19(3)11-13-23-17(21)15-9-7-8-10-16(15)18(22)24-14-12-20(4)6-2/h7-10H,5-6,11-14H2,1-4H3. The first kappa shape index (κ1) is 20.1. The quantitative estimate of drug-likeness (QED) is 0.608. The molecule has 0 atom stereocenters. The minimum absolute atomic E-state index is 0.241. The van der Waals surface area contributed by atoms with Gasteiger partial charge in [-0.3, -0.25) is 0 Å². The highest BCUT2D eigenvalue weighted by atomic mass is 16.5. The number of rotatable bonds is 10. The number of benzene rings is 1. The topological polar surface area (TPSA) is 59.1 Å². The number of carbonyl (C=O) groups is 2. The van der Waals surface area contributed by atoms with Crippen LogP contribution in [0.1, 0.15) is 34.6 Å². The van der Waals surface area contributed by atoms with Crippen LogP contribution in [0, 0.1) is 0 Å². The summed E-state index contributed by atoms with van der Waals surface area (Å²) in [6.07, 6.45) is 0. The molecule has 0 N–H and O–H groups in total. The van der Waals surface area contributed by atoms with Gasteiger partial charge in [-0.2, -0.15) is 0 Å². The molecule has 0 saturated heterocycles. The van der Waals surface area contributed by atoms with Crippen LogP contribution in [-0.4, -0.2) is 75.2 Å². The molecule has 0 unspecified atom stereocenters. The van der Waals surface area contributed by atoms with Crippen molar-refractivity contribution in [2.24, 2.45) is 0 Å². The minimum atomic E-state index is -0.502. The Hall–Kier alpha value is -1.92. The highest BCUT2D eigenvalue weighted by molar-refractivity contribution is 6.03. The number of carbonyl (C=O) groups excluding carboxylic acids is 2. The predicted molar refractivity (Wildman–Crippen MR) is 93.3 cm³/mol. The van der Waals surface area contributed by atoms with Crippen LogP contribution < -0.4 is 0 Å². The SMILES string of the molecule is CCN(C)CCOC(=O)c1ccccc1C(=O)OCCN(C)CC. The highest BCUT2D eigenvalue weighted by Gasteiger charge is 2.19. The molecule has 0 bridgehead atoms. The van der Waals surface area contributed by atoms with Gasteiger partial charge in [-0.25, -0.2) is 9.59 Å². The average molecular weight is 336 g/mol. The normalized spacial score (nSPS) is 10.9. The summed E-state index contributed by atoms with van der Waals surface area (Å²) < 4.78 is 10.5. The van der Waals surface area contributed by atoms with Gasteiger partial charge in [0.1, 0.15) is 13.2 Å². The van der Waals surface area contributed by atoms with Gasteiger partial charge in [0.15, 0.2) is 0 Å². The van der Waals surface area contributed by atoms with Crippen LogP contribution >= 0.6 is 0 Å². The van der Waals surface area contributed by atoms with Gasteiger partial charge in [-0.1, -0.05) is 26.0 Å². The first-order valence-electron chi connectivity index (χ1n) is 8.29. The average Bonchev–Trinajstić information content (AvgIpc) is 2.60. The van der Waals surface area contributed by atoms with E-state index in [0.29, 0.717) is 13.1 Å². The smallest absolute Gasteiger partial charge is 0.339 e. The number of likely N-dealkylation sites (N-methyl/N-ethyl adjacent to an activating group) is 2. The lowest BCUT2D eigenvalue weighted by Crippen LogP contribution is -2.25. The number of hydrogen-bond acceptors (Lipinski definition) is 6. The molecule has 6 heteroatoms. The first-order valence-corrected chi connectivity index (χ1v) is 8.29. The van der Waals surface area contributed by atoms with Gasteiger partial charge < -0.3 is 19.3 Å². The molecule has 6 nitrogen and oxygen atoms in total. The van der Waals surface area contributed by atoms with Crippen molar-refractivity contribution in [3.05, 3.63) is 35.4 Å². The fourth-order valence-electron chi connectivity index (χ4n) is 1.90. The van der Waals surface area contributed by atoms with Crippen molar-refractivity contribution >= 4 is 11.9 Å². The van der Waals surface area contributed by atoms with Crippen LogP contribution in [0.5, 0.6) is 0 Å². The molecule has 134 valence electrons. The molecule has 0 aliphatic rings. The Morgan fingerprint density at radius 1 is 0.833 bits per heavy atom. The van der Waals surface area contributed by atoms with E-state index in [0.717, 1.165) is 13.1 Å². The molecule has 1 aromatic carbocycles. The van der Waals surface area contributed by atoms with Crippen molar-refractivity contribution in [1.29, 1.82) is 0 Å². The zero-order chi connectivity index (χ0) is 17.9. The zero-order valence-corrected chi connectivity index (χ0v) is 15.1. The monoisotopic (exact) mass is 336 g/mol. The maximum atomic E-state index is 12.2. The summed E-state index contributed by atoms with van der Waals surface area (Å²) >= 11 is 0. The third-order valence-electron chi connectivity index (χ3n) is 3.86. The molecule has 0 radical (unpaired) electrons. The molecule has 0 aliphatic carbocycles. The molecular formula is C18H28N2O4. The third-order valence-corrected chi connectivity index (χ3v) is 3.86. The molecule has 0 aromatic heterocycles. The van der Waals surface area contributed by atoms with E-state index in [1.807, 2.05) is 37.7 Å². The van der Waals surface area contributed by atoms with Crippen molar-refractivity contribution in [3.63, 3.8) is 0 Å². The minimum Gasteiger partial charge on any atom is -0.461 e. The van der Waals surface area contributed by atoms with Crippen molar-refractivity contribution < 1.29 is 19.1 Å². The van der Waals surface area contributed by atoms with Crippen molar-refractivity contribution in [1.82, 2.24) is 9.80 Å². The van der Waals surface area contributed by atoms with E-state index in [9.17, 15) is 9.59 Å². The van der Waals surface area contributed by atoms with Crippen molar-refractivity contribution in [3.8, 4) is 0 Å². The maximum Gasteiger partial charge on any atom is 0.339 e. The molecule has 1 rings (SSSR count). The van der Waals surface area contributed by atoms with Crippen LogP contribution in [0.4, 0.5) is 0 Å². The van der Waals surface area contributed by atoms with Gasteiger partial charge in [0.2, 0.25) is 0 Å². The van der Waals surface area contributed by atoms with E-state index in [2.05, 4.69) is 0 Å². The highest BCUT2D eigenvalue weighted by Crippen LogP contribution is 2.12. The summed E-state index contributed by atoms with van der Waals surface area (Å²) in [7, 11) is 3.90. The van der Waals surface area contributed by atoms with Crippen molar-refractivity contribution in [2.45, 2.75) is 13.8 Å². The van der Waals surface area contributed by atoms with Crippen LogP contribution in [0.15, 0.2) is 24.3 Å². The number of esters is 2. The number of nitrogens with zero attached hydrogens (tertiary/aromatic N) is 2. The van der Waals surface area contributed by atoms with Gasteiger partial charge in [0.25, 0.3) is 0 Å². The molecule has 0 fully saturated rings. The molecule has 0 heterocycles. The summed E-state index contributed by atoms with van der Waals surface area (Å²) in [5.74, 6) is -1.00. The van der Waals surface area contributed by atoms with E-state index in [1.165, 1.54) is 0 Å². The fourth-order valence-corrected chi connectivity index (χ4v) is 1.90. The lowest BCUT2D eigenvalue weighted by molar-refractivity contribution is 0.0428. The van der Waals surface area contributed by atoms with Gasteiger partial charge in [-0.15, -0.1) is 0 Å². The third kappa shape index (κ3) is 6.68. The number of ether oxygens (including phenoxy) is 2. The summed E-state index contributed by atoms with van der Waals surface area (Å²) in [6, 6.07) is 6.58. The second-order valence-corrected chi connectivity index (χ2v) is 5.61.